The number of halogens is 1. The van der Waals surface area contributed by atoms with Crippen LogP contribution in [-0.2, 0) is 22.6 Å². The van der Waals surface area contributed by atoms with E-state index in [9.17, 15) is 9.59 Å². The third-order valence-corrected chi connectivity index (χ3v) is 5.09. The Balaban J connectivity index is 1.58. The van der Waals surface area contributed by atoms with Crippen LogP contribution in [0.25, 0.3) is 0 Å². The van der Waals surface area contributed by atoms with Gasteiger partial charge in [0.2, 0.25) is 11.8 Å². The Hall–Kier alpha value is -2.33. The van der Waals surface area contributed by atoms with E-state index in [1.165, 1.54) is 11.1 Å². The average Bonchev–Trinajstić information content (AvgIpc) is 2.98. The predicted octanol–water partition coefficient (Wildman–Crippen LogP) is 3.50. The summed E-state index contributed by atoms with van der Waals surface area (Å²) in [4.78, 5) is 26.5. The van der Waals surface area contributed by atoms with E-state index in [-0.39, 0.29) is 11.8 Å². The van der Waals surface area contributed by atoms with Crippen molar-refractivity contribution in [1.29, 1.82) is 0 Å². The van der Waals surface area contributed by atoms with Crippen LogP contribution in [0.5, 0.6) is 0 Å². The van der Waals surface area contributed by atoms with Crippen molar-refractivity contribution in [3.8, 4) is 0 Å². The number of aryl methyl sites for hydroxylation is 1. The Labute approximate surface area is 159 Å². The Kier molecular flexibility index (Phi) is 5.94. The van der Waals surface area contributed by atoms with Crippen molar-refractivity contribution in [2.45, 2.75) is 38.8 Å². The van der Waals surface area contributed by atoms with Crippen molar-refractivity contribution in [1.82, 2.24) is 10.2 Å². The first-order chi connectivity index (χ1) is 12.5. The molecule has 2 aromatic rings. The molecular formula is C21H23ClN2O2. The molecule has 5 heteroatoms. The van der Waals surface area contributed by atoms with Crippen LogP contribution in [0, 0.1) is 6.92 Å². The third kappa shape index (κ3) is 4.44. The normalized spacial score (nSPS) is 16.8. The van der Waals surface area contributed by atoms with Crippen LogP contribution in [0.2, 0.25) is 5.02 Å². The second-order valence-electron chi connectivity index (χ2n) is 6.70. The molecule has 0 bridgehead atoms. The molecule has 1 aliphatic rings. The van der Waals surface area contributed by atoms with Crippen LogP contribution >= 0.6 is 11.6 Å². The van der Waals surface area contributed by atoms with Crippen molar-refractivity contribution >= 4 is 23.4 Å². The summed E-state index contributed by atoms with van der Waals surface area (Å²) in [5.74, 6) is -0.0840. The van der Waals surface area contributed by atoms with Gasteiger partial charge in [0.1, 0.15) is 6.04 Å². The van der Waals surface area contributed by atoms with Gasteiger partial charge in [0.25, 0.3) is 0 Å². The number of amides is 2. The smallest absolute Gasteiger partial charge is 0.242 e. The van der Waals surface area contributed by atoms with Crippen LogP contribution in [0.3, 0.4) is 0 Å². The largest absolute Gasteiger partial charge is 0.354 e. The van der Waals surface area contributed by atoms with E-state index in [0.29, 0.717) is 31.0 Å². The first kappa shape index (κ1) is 18.5. The highest BCUT2D eigenvalue weighted by molar-refractivity contribution is 6.31. The SMILES string of the molecule is Cc1cccc(CCNC(=O)[C@@H]2CCC(=O)N2Cc2ccccc2Cl)c1. The van der Waals surface area contributed by atoms with Crippen molar-refractivity contribution in [2.24, 2.45) is 0 Å². The summed E-state index contributed by atoms with van der Waals surface area (Å²) < 4.78 is 0. The summed E-state index contributed by atoms with van der Waals surface area (Å²) in [7, 11) is 0. The van der Waals surface area contributed by atoms with E-state index in [2.05, 4.69) is 30.4 Å². The maximum absolute atomic E-state index is 12.6. The molecule has 1 aliphatic heterocycles. The summed E-state index contributed by atoms with van der Waals surface area (Å²) in [5.41, 5.74) is 3.27. The molecular weight excluding hydrogens is 348 g/mol. The van der Waals surface area contributed by atoms with Gasteiger partial charge in [0.05, 0.1) is 0 Å². The number of nitrogens with one attached hydrogen (secondary N) is 1. The Morgan fingerprint density at radius 1 is 1.23 bits per heavy atom. The van der Waals surface area contributed by atoms with Gasteiger partial charge in [-0.1, -0.05) is 59.6 Å². The zero-order valence-electron chi connectivity index (χ0n) is 14.9. The second-order valence-corrected chi connectivity index (χ2v) is 7.10. The molecule has 26 heavy (non-hydrogen) atoms. The van der Waals surface area contributed by atoms with E-state index < -0.39 is 6.04 Å². The summed E-state index contributed by atoms with van der Waals surface area (Å²) in [5, 5.41) is 3.59. The third-order valence-electron chi connectivity index (χ3n) is 4.72. The molecule has 1 fully saturated rings. The lowest BCUT2D eigenvalue weighted by Crippen LogP contribution is -2.44. The highest BCUT2D eigenvalue weighted by Gasteiger charge is 2.35. The lowest BCUT2D eigenvalue weighted by molar-refractivity contribution is -0.135. The molecule has 0 spiro atoms. The minimum atomic E-state index is -0.420. The lowest BCUT2D eigenvalue weighted by Gasteiger charge is -2.24. The van der Waals surface area contributed by atoms with E-state index in [1.54, 1.807) is 11.0 Å². The van der Waals surface area contributed by atoms with Gasteiger partial charge in [-0.3, -0.25) is 9.59 Å². The number of likely N-dealkylation sites (tertiary alicyclic amines) is 1. The molecule has 1 heterocycles. The lowest BCUT2D eigenvalue weighted by atomic mass is 10.1. The van der Waals surface area contributed by atoms with Crippen molar-refractivity contribution in [3.63, 3.8) is 0 Å². The first-order valence-corrected chi connectivity index (χ1v) is 9.28. The number of rotatable bonds is 6. The van der Waals surface area contributed by atoms with Gasteiger partial charge in [0, 0.05) is 24.5 Å². The van der Waals surface area contributed by atoms with E-state index in [4.69, 9.17) is 11.6 Å². The Morgan fingerprint density at radius 3 is 2.81 bits per heavy atom. The fourth-order valence-electron chi connectivity index (χ4n) is 3.33. The number of hydrogen-bond acceptors (Lipinski definition) is 2. The fraction of sp³-hybridized carbons (Fsp3) is 0.333. The molecule has 0 radical (unpaired) electrons. The molecule has 136 valence electrons. The highest BCUT2D eigenvalue weighted by Crippen LogP contribution is 2.24. The summed E-state index contributed by atoms with van der Waals surface area (Å²) >= 11 is 6.20. The number of benzene rings is 2. The summed E-state index contributed by atoms with van der Waals surface area (Å²) in [6.07, 6.45) is 1.73. The minimum absolute atomic E-state index is 0.00348. The molecule has 2 amide bonds. The zero-order valence-corrected chi connectivity index (χ0v) is 15.6. The maximum atomic E-state index is 12.6. The molecule has 1 saturated heterocycles. The quantitative estimate of drug-likeness (QED) is 0.846. The van der Waals surface area contributed by atoms with Gasteiger partial charge in [-0.05, 0) is 37.0 Å². The van der Waals surface area contributed by atoms with Gasteiger partial charge in [-0.25, -0.2) is 0 Å². The molecule has 1 N–H and O–H groups in total. The van der Waals surface area contributed by atoms with Gasteiger partial charge in [-0.15, -0.1) is 0 Å². The number of nitrogens with zero attached hydrogens (tertiary/aromatic N) is 1. The summed E-state index contributed by atoms with van der Waals surface area (Å²) in [6.45, 7) is 2.99. The monoisotopic (exact) mass is 370 g/mol. The molecule has 0 saturated carbocycles. The van der Waals surface area contributed by atoms with Crippen LogP contribution in [0.4, 0.5) is 0 Å². The molecule has 1 atom stereocenters. The Morgan fingerprint density at radius 2 is 2.04 bits per heavy atom. The topological polar surface area (TPSA) is 49.4 Å². The fourth-order valence-corrected chi connectivity index (χ4v) is 3.53. The van der Waals surface area contributed by atoms with Gasteiger partial charge in [-0.2, -0.15) is 0 Å². The second kappa shape index (κ2) is 8.37. The first-order valence-electron chi connectivity index (χ1n) is 8.91. The van der Waals surface area contributed by atoms with Gasteiger partial charge >= 0.3 is 0 Å². The Bertz CT molecular complexity index is 806. The standard InChI is InChI=1S/C21H23ClN2O2/c1-15-5-4-6-16(13-15)11-12-23-21(26)19-9-10-20(25)24(19)14-17-7-2-3-8-18(17)22/h2-8,13,19H,9-12,14H2,1H3,(H,23,26)/t19-/m0/s1. The molecule has 2 aromatic carbocycles. The minimum Gasteiger partial charge on any atom is -0.354 e. The average molecular weight is 371 g/mol. The number of carbonyl (C=O) groups excluding carboxylic acids is 2. The molecule has 0 aromatic heterocycles. The zero-order chi connectivity index (χ0) is 18.5. The van der Waals surface area contributed by atoms with E-state index in [1.807, 2.05) is 24.3 Å². The molecule has 0 aliphatic carbocycles. The van der Waals surface area contributed by atoms with Crippen LogP contribution in [-0.4, -0.2) is 29.3 Å². The van der Waals surface area contributed by atoms with Crippen molar-refractivity contribution < 1.29 is 9.59 Å². The van der Waals surface area contributed by atoms with Crippen molar-refractivity contribution in [3.05, 3.63) is 70.2 Å². The molecule has 4 nitrogen and oxygen atoms in total. The predicted molar refractivity (Wildman–Crippen MR) is 103 cm³/mol. The van der Waals surface area contributed by atoms with Gasteiger partial charge in [0.15, 0.2) is 0 Å². The van der Waals surface area contributed by atoms with Crippen LogP contribution < -0.4 is 5.32 Å². The van der Waals surface area contributed by atoms with Gasteiger partial charge < -0.3 is 10.2 Å². The van der Waals surface area contributed by atoms with Crippen molar-refractivity contribution in [2.75, 3.05) is 6.54 Å². The van der Waals surface area contributed by atoms with Crippen LogP contribution in [0.15, 0.2) is 48.5 Å². The number of hydrogen-bond donors (Lipinski definition) is 1. The highest BCUT2D eigenvalue weighted by atomic mass is 35.5. The summed E-state index contributed by atoms with van der Waals surface area (Å²) in [6, 6.07) is 15.3. The number of carbonyl (C=O) groups is 2. The van der Waals surface area contributed by atoms with E-state index >= 15 is 0 Å². The van der Waals surface area contributed by atoms with E-state index in [0.717, 1.165) is 12.0 Å². The molecule has 0 unspecified atom stereocenters. The maximum Gasteiger partial charge on any atom is 0.242 e. The molecule has 3 rings (SSSR count). The van der Waals surface area contributed by atoms with Crippen LogP contribution in [0.1, 0.15) is 29.5 Å².